The molecule has 2 N–H and O–H groups in total. The van der Waals surface area contributed by atoms with Crippen LogP contribution in [-0.4, -0.2) is 32.6 Å². The highest BCUT2D eigenvalue weighted by Crippen LogP contribution is 2.19. The summed E-state index contributed by atoms with van der Waals surface area (Å²) in [6.45, 7) is 0. The third kappa shape index (κ3) is 3.46. The first kappa shape index (κ1) is 11.9. The summed E-state index contributed by atoms with van der Waals surface area (Å²) in [4.78, 5) is 2.88. The molecule has 0 saturated carbocycles. The van der Waals surface area contributed by atoms with Gasteiger partial charge in [0.1, 0.15) is 4.90 Å². The number of hydrogen-bond donors (Lipinski definition) is 2. The summed E-state index contributed by atoms with van der Waals surface area (Å²) in [5, 5.41) is 0. The van der Waals surface area contributed by atoms with E-state index in [4.69, 9.17) is 4.55 Å². The molecule has 0 radical (unpaired) electrons. The zero-order chi connectivity index (χ0) is 11.7. The fraction of sp³-hybridized carbons (Fsp3) is 0.167. The van der Waals surface area contributed by atoms with Crippen LogP contribution in [-0.2, 0) is 20.1 Å². The van der Waals surface area contributed by atoms with Crippen molar-refractivity contribution in [3.05, 3.63) is 18.5 Å². The van der Waals surface area contributed by atoms with Crippen molar-refractivity contribution in [3.8, 4) is 0 Å². The van der Waals surface area contributed by atoms with E-state index in [1.165, 1.54) is 6.20 Å². The van der Waals surface area contributed by atoms with Gasteiger partial charge in [0.05, 0.1) is 18.1 Å². The molecule has 0 aliphatic rings. The van der Waals surface area contributed by atoms with Crippen LogP contribution < -0.4 is 4.72 Å². The van der Waals surface area contributed by atoms with Crippen molar-refractivity contribution in [1.82, 2.24) is 4.98 Å². The predicted molar refractivity (Wildman–Crippen MR) is 52.5 cm³/mol. The Balaban J connectivity index is 3.32. The van der Waals surface area contributed by atoms with E-state index in [-0.39, 0.29) is 5.69 Å². The minimum absolute atomic E-state index is 0.241. The monoisotopic (exact) mass is 252 g/mol. The molecule has 0 spiro atoms. The Bertz CT molecular complexity index is 563. The molecule has 0 amide bonds. The summed E-state index contributed by atoms with van der Waals surface area (Å²) in [5.74, 6) is 0. The maximum absolute atomic E-state index is 10.9. The van der Waals surface area contributed by atoms with Crippen molar-refractivity contribution in [3.63, 3.8) is 0 Å². The smallest absolute Gasteiger partial charge is 0.282 e. The van der Waals surface area contributed by atoms with Gasteiger partial charge in [-0.15, -0.1) is 0 Å². The first-order chi connectivity index (χ1) is 6.70. The Kier molecular flexibility index (Phi) is 2.98. The van der Waals surface area contributed by atoms with Gasteiger partial charge in [-0.05, 0) is 6.07 Å². The van der Waals surface area contributed by atoms with Crippen molar-refractivity contribution in [2.24, 2.45) is 0 Å². The molecule has 0 aliphatic heterocycles. The number of sulfonamides is 1. The van der Waals surface area contributed by atoms with Gasteiger partial charge in [0.2, 0.25) is 10.0 Å². The minimum Gasteiger partial charge on any atom is -0.282 e. The van der Waals surface area contributed by atoms with Gasteiger partial charge in [0.15, 0.2) is 0 Å². The SMILES string of the molecule is CS(=O)(=O)Nc1ccncc1S(=O)(=O)O. The number of hydrogen-bond acceptors (Lipinski definition) is 5. The van der Waals surface area contributed by atoms with Crippen LogP contribution in [0.5, 0.6) is 0 Å². The van der Waals surface area contributed by atoms with E-state index >= 15 is 0 Å². The summed E-state index contributed by atoms with van der Waals surface area (Å²) in [6.07, 6.45) is 2.91. The number of pyridine rings is 1. The Morgan fingerprint density at radius 3 is 2.40 bits per heavy atom. The lowest BCUT2D eigenvalue weighted by Gasteiger charge is -2.06. The molecule has 0 bridgehead atoms. The molecule has 1 aromatic heterocycles. The van der Waals surface area contributed by atoms with Crippen molar-refractivity contribution in [2.75, 3.05) is 11.0 Å². The van der Waals surface area contributed by atoms with Gasteiger partial charge >= 0.3 is 0 Å². The van der Waals surface area contributed by atoms with E-state index in [1.54, 1.807) is 0 Å². The second-order valence-electron chi connectivity index (χ2n) is 2.72. The van der Waals surface area contributed by atoms with Gasteiger partial charge < -0.3 is 0 Å². The highest BCUT2D eigenvalue weighted by Gasteiger charge is 2.17. The Labute approximate surface area is 87.0 Å². The maximum atomic E-state index is 10.9. The first-order valence-corrected chi connectivity index (χ1v) is 6.92. The average molecular weight is 252 g/mol. The molecule has 0 saturated heterocycles. The molecule has 84 valence electrons. The summed E-state index contributed by atoms with van der Waals surface area (Å²) in [7, 11) is -8.11. The van der Waals surface area contributed by atoms with Crippen LogP contribution in [0.3, 0.4) is 0 Å². The molecule has 7 nitrogen and oxygen atoms in total. The lowest BCUT2D eigenvalue weighted by Crippen LogP contribution is -2.13. The van der Waals surface area contributed by atoms with Gasteiger partial charge in [-0.25, -0.2) is 8.42 Å². The summed E-state index contributed by atoms with van der Waals surface area (Å²) in [6, 6.07) is 1.13. The van der Waals surface area contributed by atoms with Gasteiger partial charge in [0, 0.05) is 6.20 Å². The Hall–Kier alpha value is -1.19. The Morgan fingerprint density at radius 2 is 1.93 bits per heavy atom. The zero-order valence-corrected chi connectivity index (χ0v) is 9.21. The quantitative estimate of drug-likeness (QED) is 0.714. The van der Waals surface area contributed by atoms with E-state index < -0.39 is 25.0 Å². The van der Waals surface area contributed by atoms with E-state index in [0.717, 1.165) is 18.5 Å². The van der Waals surface area contributed by atoms with Gasteiger partial charge in [-0.3, -0.25) is 14.3 Å². The summed E-state index contributed by atoms with van der Waals surface area (Å²) < 4.78 is 54.1. The van der Waals surface area contributed by atoms with Crippen molar-refractivity contribution < 1.29 is 21.4 Å². The highest BCUT2D eigenvalue weighted by atomic mass is 32.2. The number of nitrogens with zero attached hydrogens (tertiary/aromatic N) is 1. The molecule has 1 rings (SSSR count). The number of rotatable bonds is 3. The number of aromatic nitrogens is 1. The molecule has 1 heterocycles. The largest absolute Gasteiger partial charge is 0.298 e. The van der Waals surface area contributed by atoms with E-state index in [0.29, 0.717) is 0 Å². The molecular formula is C6H8N2O5S2. The average Bonchev–Trinajstić information content (AvgIpc) is 1.99. The standard InChI is InChI=1S/C6H8N2O5S2/c1-14(9,10)8-5-2-3-7-4-6(5)15(11,12)13/h2-4H,1H3,(H,7,8)(H,11,12,13). The minimum atomic E-state index is -4.50. The van der Waals surface area contributed by atoms with E-state index in [2.05, 4.69) is 4.98 Å². The molecule has 0 fully saturated rings. The lowest BCUT2D eigenvalue weighted by atomic mass is 10.4. The zero-order valence-electron chi connectivity index (χ0n) is 7.58. The summed E-state index contributed by atoms with van der Waals surface area (Å²) >= 11 is 0. The normalized spacial score (nSPS) is 12.4. The Morgan fingerprint density at radius 1 is 1.33 bits per heavy atom. The topological polar surface area (TPSA) is 113 Å². The van der Waals surface area contributed by atoms with Crippen molar-refractivity contribution in [1.29, 1.82) is 0 Å². The second-order valence-corrected chi connectivity index (χ2v) is 5.86. The van der Waals surface area contributed by atoms with Crippen molar-refractivity contribution in [2.45, 2.75) is 4.90 Å². The van der Waals surface area contributed by atoms with Crippen LogP contribution in [0.1, 0.15) is 0 Å². The molecule has 0 atom stereocenters. The van der Waals surface area contributed by atoms with Crippen LogP contribution >= 0.6 is 0 Å². The van der Waals surface area contributed by atoms with Gasteiger partial charge in [-0.1, -0.05) is 0 Å². The van der Waals surface area contributed by atoms with E-state index in [1.807, 2.05) is 4.72 Å². The van der Waals surface area contributed by atoms with Crippen LogP contribution in [0.4, 0.5) is 5.69 Å². The van der Waals surface area contributed by atoms with E-state index in [9.17, 15) is 16.8 Å². The second kappa shape index (κ2) is 3.76. The third-order valence-electron chi connectivity index (χ3n) is 1.36. The number of anilines is 1. The van der Waals surface area contributed by atoms with Gasteiger partial charge in [0.25, 0.3) is 10.1 Å². The van der Waals surface area contributed by atoms with Crippen molar-refractivity contribution >= 4 is 25.8 Å². The molecule has 15 heavy (non-hydrogen) atoms. The predicted octanol–water partition coefficient (Wildman–Crippen LogP) is -0.300. The van der Waals surface area contributed by atoms with Crippen LogP contribution in [0.15, 0.2) is 23.4 Å². The molecule has 1 aromatic rings. The summed E-state index contributed by atoms with van der Waals surface area (Å²) in [5.41, 5.74) is -0.241. The van der Waals surface area contributed by atoms with Gasteiger partial charge in [-0.2, -0.15) is 8.42 Å². The number of nitrogens with one attached hydrogen (secondary N) is 1. The third-order valence-corrected chi connectivity index (χ3v) is 2.83. The van der Waals surface area contributed by atoms with Crippen LogP contribution in [0.25, 0.3) is 0 Å². The highest BCUT2D eigenvalue weighted by molar-refractivity contribution is 7.92. The lowest BCUT2D eigenvalue weighted by molar-refractivity contribution is 0.483. The molecular weight excluding hydrogens is 244 g/mol. The molecule has 0 aromatic carbocycles. The van der Waals surface area contributed by atoms with Crippen LogP contribution in [0, 0.1) is 0 Å². The molecule has 9 heteroatoms. The molecule has 0 aliphatic carbocycles. The first-order valence-electron chi connectivity index (χ1n) is 3.59. The fourth-order valence-corrected chi connectivity index (χ4v) is 2.10. The molecule has 0 unspecified atom stereocenters. The fourth-order valence-electron chi connectivity index (χ4n) is 0.870. The maximum Gasteiger partial charge on any atom is 0.298 e. The van der Waals surface area contributed by atoms with Crippen LogP contribution in [0.2, 0.25) is 0 Å².